The van der Waals surface area contributed by atoms with Gasteiger partial charge in [0.2, 0.25) is 0 Å². The van der Waals surface area contributed by atoms with Gasteiger partial charge in [-0.15, -0.1) is 11.3 Å². The van der Waals surface area contributed by atoms with Crippen molar-refractivity contribution in [3.63, 3.8) is 0 Å². The fraction of sp³-hybridized carbons (Fsp3) is 0.444. The summed E-state index contributed by atoms with van der Waals surface area (Å²) in [7, 11) is 0. The highest BCUT2D eigenvalue weighted by molar-refractivity contribution is 7.17. The molecule has 2 heterocycles. The SMILES string of the molecule is N#Cc1cc(Cl)c(N2CCOCC2)s1. The largest absolute Gasteiger partial charge is 0.378 e. The number of hydrogen-bond donors (Lipinski definition) is 0. The predicted molar refractivity (Wildman–Crippen MR) is 57.1 cm³/mol. The van der Waals surface area contributed by atoms with Gasteiger partial charge in [0.25, 0.3) is 0 Å². The zero-order valence-corrected chi connectivity index (χ0v) is 9.07. The van der Waals surface area contributed by atoms with Gasteiger partial charge in [0.15, 0.2) is 0 Å². The van der Waals surface area contributed by atoms with E-state index < -0.39 is 0 Å². The summed E-state index contributed by atoms with van der Waals surface area (Å²) in [5, 5.41) is 10.4. The zero-order valence-electron chi connectivity index (χ0n) is 7.49. The second kappa shape index (κ2) is 4.18. The number of nitrogens with zero attached hydrogens (tertiary/aromatic N) is 2. The molecule has 0 atom stereocenters. The van der Waals surface area contributed by atoms with Crippen LogP contribution in [0.25, 0.3) is 0 Å². The van der Waals surface area contributed by atoms with Crippen LogP contribution < -0.4 is 4.90 Å². The Kier molecular flexibility index (Phi) is 2.92. The summed E-state index contributed by atoms with van der Waals surface area (Å²) in [6.07, 6.45) is 0. The first kappa shape index (κ1) is 9.78. The summed E-state index contributed by atoms with van der Waals surface area (Å²) < 4.78 is 5.25. The second-order valence-corrected chi connectivity index (χ2v) is 4.41. The Morgan fingerprint density at radius 2 is 2.21 bits per heavy atom. The maximum atomic E-state index is 8.73. The van der Waals surface area contributed by atoms with Crippen molar-refractivity contribution in [3.05, 3.63) is 16.0 Å². The number of morpholine rings is 1. The summed E-state index contributed by atoms with van der Waals surface area (Å²) >= 11 is 7.48. The van der Waals surface area contributed by atoms with E-state index in [9.17, 15) is 0 Å². The lowest BCUT2D eigenvalue weighted by Crippen LogP contribution is -2.35. The molecule has 0 aliphatic carbocycles. The van der Waals surface area contributed by atoms with Crippen LogP contribution in [0.15, 0.2) is 6.07 Å². The van der Waals surface area contributed by atoms with Crippen molar-refractivity contribution in [1.82, 2.24) is 0 Å². The van der Waals surface area contributed by atoms with Gasteiger partial charge in [0, 0.05) is 13.1 Å². The number of ether oxygens (including phenoxy) is 1. The second-order valence-electron chi connectivity index (χ2n) is 2.97. The molecule has 74 valence electrons. The van der Waals surface area contributed by atoms with Crippen LogP contribution in [0, 0.1) is 11.3 Å². The third-order valence-corrected chi connectivity index (χ3v) is 3.58. The van der Waals surface area contributed by atoms with Gasteiger partial charge in [-0.05, 0) is 6.07 Å². The number of hydrogen-bond acceptors (Lipinski definition) is 4. The molecule has 0 saturated carbocycles. The lowest BCUT2D eigenvalue weighted by atomic mass is 10.4. The van der Waals surface area contributed by atoms with E-state index in [1.807, 2.05) is 0 Å². The molecule has 1 saturated heterocycles. The third-order valence-electron chi connectivity index (χ3n) is 2.08. The molecule has 0 spiro atoms. The summed E-state index contributed by atoms with van der Waals surface area (Å²) in [4.78, 5) is 2.83. The molecule has 5 heteroatoms. The van der Waals surface area contributed by atoms with Crippen LogP contribution in [0.4, 0.5) is 5.00 Å². The van der Waals surface area contributed by atoms with Crippen LogP contribution in [0.3, 0.4) is 0 Å². The molecule has 0 aromatic carbocycles. The molecule has 1 aromatic heterocycles. The molecule has 0 unspecified atom stereocenters. The van der Waals surface area contributed by atoms with Crippen molar-refractivity contribution in [3.8, 4) is 6.07 Å². The third kappa shape index (κ3) is 1.85. The van der Waals surface area contributed by atoms with Crippen molar-refractivity contribution in [1.29, 1.82) is 5.26 Å². The van der Waals surface area contributed by atoms with E-state index in [-0.39, 0.29) is 0 Å². The van der Waals surface area contributed by atoms with E-state index in [2.05, 4.69) is 11.0 Å². The van der Waals surface area contributed by atoms with Crippen LogP contribution in [-0.4, -0.2) is 26.3 Å². The van der Waals surface area contributed by atoms with Gasteiger partial charge in [-0.2, -0.15) is 5.26 Å². The zero-order chi connectivity index (χ0) is 9.97. The van der Waals surface area contributed by atoms with E-state index in [0.29, 0.717) is 9.90 Å². The van der Waals surface area contributed by atoms with E-state index in [1.54, 1.807) is 6.07 Å². The highest BCUT2D eigenvalue weighted by Crippen LogP contribution is 2.35. The summed E-state index contributed by atoms with van der Waals surface area (Å²) in [5.74, 6) is 0. The van der Waals surface area contributed by atoms with E-state index in [4.69, 9.17) is 21.6 Å². The highest BCUT2D eigenvalue weighted by Gasteiger charge is 2.16. The Morgan fingerprint density at radius 1 is 1.50 bits per heavy atom. The minimum absolute atomic E-state index is 0.663. The van der Waals surface area contributed by atoms with Crippen molar-refractivity contribution < 1.29 is 4.74 Å². The highest BCUT2D eigenvalue weighted by atomic mass is 35.5. The smallest absolute Gasteiger partial charge is 0.111 e. The van der Waals surface area contributed by atoms with E-state index in [0.717, 1.165) is 31.3 Å². The first-order chi connectivity index (χ1) is 6.81. The standard InChI is InChI=1S/C9H9ClN2OS/c10-8-5-7(6-11)14-9(8)12-1-3-13-4-2-12/h5H,1-4H2. The van der Waals surface area contributed by atoms with Gasteiger partial charge < -0.3 is 9.64 Å². The Morgan fingerprint density at radius 3 is 2.79 bits per heavy atom. The molecular weight excluding hydrogens is 220 g/mol. The number of thiophene rings is 1. The van der Waals surface area contributed by atoms with E-state index in [1.165, 1.54) is 11.3 Å². The van der Waals surface area contributed by atoms with Crippen LogP contribution in [0.2, 0.25) is 5.02 Å². The maximum absolute atomic E-state index is 8.73. The molecule has 14 heavy (non-hydrogen) atoms. The Balaban J connectivity index is 2.22. The van der Waals surface area contributed by atoms with Gasteiger partial charge >= 0.3 is 0 Å². The van der Waals surface area contributed by atoms with Gasteiger partial charge in [-0.1, -0.05) is 11.6 Å². The lowest BCUT2D eigenvalue weighted by molar-refractivity contribution is 0.123. The predicted octanol–water partition coefficient (Wildman–Crippen LogP) is 2.11. The number of halogens is 1. The van der Waals surface area contributed by atoms with E-state index >= 15 is 0 Å². The molecule has 1 aromatic rings. The summed E-state index contributed by atoms with van der Waals surface area (Å²) in [6, 6.07) is 3.82. The average molecular weight is 229 g/mol. The fourth-order valence-electron chi connectivity index (χ4n) is 1.40. The van der Waals surface area contributed by atoms with Crippen LogP contribution in [0.1, 0.15) is 4.88 Å². The molecular formula is C9H9ClN2OS. The minimum Gasteiger partial charge on any atom is -0.378 e. The molecule has 0 radical (unpaired) electrons. The van der Waals surface area contributed by atoms with Crippen molar-refractivity contribution in [2.24, 2.45) is 0 Å². The van der Waals surface area contributed by atoms with Crippen molar-refractivity contribution >= 4 is 27.9 Å². The number of rotatable bonds is 1. The van der Waals surface area contributed by atoms with Crippen molar-refractivity contribution in [2.45, 2.75) is 0 Å². The van der Waals surface area contributed by atoms with Gasteiger partial charge in [0.1, 0.15) is 15.9 Å². The topological polar surface area (TPSA) is 36.3 Å². The quantitative estimate of drug-likeness (QED) is 0.739. The van der Waals surface area contributed by atoms with Gasteiger partial charge in [-0.3, -0.25) is 0 Å². The minimum atomic E-state index is 0.663. The number of anilines is 1. The molecule has 1 fully saturated rings. The van der Waals surface area contributed by atoms with Crippen LogP contribution >= 0.6 is 22.9 Å². The van der Waals surface area contributed by atoms with Crippen molar-refractivity contribution in [2.75, 3.05) is 31.2 Å². The molecule has 0 bridgehead atoms. The Labute approximate surface area is 91.5 Å². The van der Waals surface area contributed by atoms with Gasteiger partial charge in [0.05, 0.1) is 18.2 Å². The number of nitriles is 1. The molecule has 1 aliphatic heterocycles. The molecule has 0 amide bonds. The average Bonchev–Trinajstić information content (AvgIpc) is 2.61. The maximum Gasteiger partial charge on any atom is 0.111 e. The molecule has 2 rings (SSSR count). The monoisotopic (exact) mass is 228 g/mol. The Bertz CT molecular complexity index is 365. The first-order valence-electron chi connectivity index (χ1n) is 4.33. The molecule has 3 nitrogen and oxygen atoms in total. The van der Waals surface area contributed by atoms with Gasteiger partial charge in [-0.25, -0.2) is 0 Å². The fourth-order valence-corrected chi connectivity index (χ4v) is 2.70. The normalized spacial score (nSPS) is 16.7. The summed E-state index contributed by atoms with van der Waals surface area (Å²) in [5.41, 5.74) is 0. The summed E-state index contributed by atoms with van der Waals surface area (Å²) in [6.45, 7) is 3.17. The van der Waals surface area contributed by atoms with Crippen LogP contribution in [-0.2, 0) is 4.74 Å². The molecule has 1 aliphatic rings. The Hall–Kier alpha value is -0.760. The van der Waals surface area contributed by atoms with Crippen LogP contribution in [0.5, 0.6) is 0 Å². The first-order valence-corrected chi connectivity index (χ1v) is 5.53. The lowest BCUT2D eigenvalue weighted by Gasteiger charge is -2.27. The molecule has 0 N–H and O–H groups in total.